The predicted molar refractivity (Wildman–Crippen MR) is 63.4 cm³/mol. The Hall–Kier alpha value is -0.870. The Bertz CT molecular complexity index is 340. The number of hydrogen-bond acceptors (Lipinski definition) is 3. The molecule has 0 amide bonds. The Morgan fingerprint density at radius 2 is 2.44 bits per heavy atom. The van der Waals surface area contributed by atoms with Gasteiger partial charge in [0.2, 0.25) is 0 Å². The van der Waals surface area contributed by atoms with Crippen molar-refractivity contribution in [1.82, 2.24) is 15.1 Å². The first-order valence-electron chi connectivity index (χ1n) is 6.05. The summed E-state index contributed by atoms with van der Waals surface area (Å²) in [5.74, 6) is 0. The van der Waals surface area contributed by atoms with Crippen LogP contribution < -0.4 is 5.32 Å². The molecule has 90 valence electrons. The van der Waals surface area contributed by atoms with E-state index in [0.29, 0.717) is 19.0 Å². The molecular weight excluding hydrogens is 202 g/mol. The van der Waals surface area contributed by atoms with Crippen LogP contribution in [0.15, 0.2) is 12.4 Å². The van der Waals surface area contributed by atoms with Crippen molar-refractivity contribution in [3.05, 3.63) is 18.0 Å². The van der Waals surface area contributed by atoms with Gasteiger partial charge in [-0.15, -0.1) is 0 Å². The van der Waals surface area contributed by atoms with Gasteiger partial charge in [0.25, 0.3) is 0 Å². The molecule has 0 aromatic carbocycles. The number of nitrogens with zero attached hydrogens (tertiary/aromatic N) is 2. The summed E-state index contributed by atoms with van der Waals surface area (Å²) in [7, 11) is 0. The average Bonchev–Trinajstić information content (AvgIpc) is 2.66. The van der Waals surface area contributed by atoms with Crippen LogP contribution >= 0.6 is 0 Å². The highest BCUT2D eigenvalue weighted by Gasteiger charge is 2.29. The lowest BCUT2D eigenvalue weighted by Crippen LogP contribution is -2.47. The molecule has 0 radical (unpaired) electrons. The van der Waals surface area contributed by atoms with Gasteiger partial charge in [-0.3, -0.25) is 4.68 Å². The van der Waals surface area contributed by atoms with Crippen LogP contribution in [0.2, 0.25) is 0 Å². The fraction of sp³-hybridized carbons (Fsp3) is 0.750. The van der Waals surface area contributed by atoms with Gasteiger partial charge in [-0.2, -0.15) is 5.10 Å². The SMILES string of the molecule is CC(C)n1cc(CC2(O)CCCNC2)cn1. The first-order chi connectivity index (χ1) is 7.59. The Kier molecular flexibility index (Phi) is 3.30. The maximum absolute atomic E-state index is 10.4. The molecule has 2 rings (SSSR count). The molecule has 4 heteroatoms. The number of aliphatic hydroxyl groups is 1. The summed E-state index contributed by atoms with van der Waals surface area (Å²) in [4.78, 5) is 0. The number of rotatable bonds is 3. The van der Waals surface area contributed by atoms with Crippen LogP contribution in [0.4, 0.5) is 0 Å². The minimum absolute atomic E-state index is 0.382. The van der Waals surface area contributed by atoms with Crippen molar-refractivity contribution in [2.75, 3.05) is 13.1 Å². The normalized spacial score (nSPS) is 26.2. The molecule has 1 aromatic rings. The second-order valence-electron chi connectivity index (χ2n) is 5.10. The van der Waals surface area contributed by atoms with E-state index in [-0.39, 0.29) is 0 Å². The Morgan fingerprint density at radius 3 is 3.00 bits per heavy atom. The highest BCUT2D eigenvalue weighted by atomic mass is 16.3. The van der Waals surface area contributed by atoms with Crippen molar-refractivity contribution in [1.29, 1.82) is 0 Å². The summed E-state index contributed by atoms with van der Waals surface area (Å²) in [6.07, 6.45) is 6.54. The molecular formula is C12H21N3O. The monoisotopic (exact) mass is 223 g/mol. The molecule has 2 heterocycles. The zero-order valence-corrected chi connectivity index (χ0v) is 10.1. The van der Waals surface area contributed by atoms with E-state index >= 15 is 0 Å². The molecule has 1 atom stereocenters. The smallest absolute Gasteiger partial charge is 0.0813 e. The molecule has 0 bridgehead atoms. The molecule has 1 aliphatic rings. The molecule has 4 nitrogen and oxygen atoms in total. The van der Waals surface area contributed by atoms with Crippen LogP contribution in [0.1, 0.15) is 38.3 Å². The molecule has 0 saturated carbocycles. The zero-order valence-electron chi connectivity index (χ0n) is 10.1. The van der Waals surface area contributed by atoms with E-state index in [9.17, 15) is 5.11 Å². The van der Waals surface area contributed by atoms with Gasteiger partial charge in [0.1, 0.15) is 0 Å². The Labute approximate surface area is 96.7 Å². The van der Waals surface area contributed by atoms with E-state index in [1.807, 2.05) is 17.1 Å². The minimum atomic E-state index is -0.580. The predicted octanol–water partition coefficient (Wildman–Crippen LogP) is 1.12. The van der Waals surface area contributed by atoms with Gasteiger partial charge in [0, 0.05) is 25.2 Å². The minimum Gasteiger partial charge on any atom is -0.388 e. The van der Waals surface area contributed by atoms with Gasteiger partial charge in [-0.05, 0) is 38.8 Å². The third kappa shape index (κ3) is 2.62. The van der Waals surface area contributed by atoms with Gasteiger partial charge in [0.05, 0.1) is 11.8 Å². The summed E-state index contributed by atoms with van der Waals surface area (Å²) in [5.41, 5.74) is 0.545. The second kappa shape index (κ2) is 4.55. The Morgan fingerprint density at radius 1 is 1.62 bits per heavy atom. The van der Waals surface area contributed by atoms with Crippen molar-refractivity contribution in [2.45, 2.75) is 44.8 Å². The topological polar surface area (TPSA) is 50.1 Å². The first kappa shape index (κ1) is 11.6. The Balaban J connectivity index is 2.02. The molecule has 0 spiro atoms. The summed E-state index contributed by atoms with van der Waals surface area (Å²) in [6, 6.07) is 0.382. The zero-order chi connectivity index (χ0) is 11.6. The van der Waals surface area contributed by atoms with Gasteiger partial charge >= 0.3 is 0 Å². The lowest BCUT2D eigenvalue weighted by Gasteiger charge is -2.32. The third-order valence-electron chi connectivity index (χ3n) is 3.17. The number of piperidine rings is 1. The fourth-order valence-corrected chi connectivity index (χ4v) is 2.23. The number of nitrogens with one attached hydrogen (secondary N) is 1. The molecule has 1 unspecified atom stereocenters. The molecule has 0 aliphatic carbocycles. The average molecular weight is 223 g/mol. The lowest BCUT2D eigenvalue weighted by atomic mass is 9.88. The molecule has 16 heavy (non-hydrogen) atoms. The van der Waals surface area contributed by atoms with E-state index < -0.39 is 5.60 Å². The summed E-state index contributed by atoms with van der Waals surface area (Å²) >= 11 is 0. The van der Waals surface area contributed by atoms with Crippen molar-refractivity contribution >= 4 is 0 Å². The highest BCUT2D eigenvalue weighted by molar-refractivity contribution is 5.09. The largest absolute Gasteiger partial charge is 0.388 e. The fourth-order valence-electron chi connectivity index (χ4n) is 2.23. The van der Waals surface area contributed by atoms with Gasteiger partial charge in [0.15, 0.2) is 0 Å². The van der Waals surface area contributed by atoms with Crippen LogP contribution in [0, 0.1) is 0 Å². The van der Waals surface area contributed by atoms with Crippen LogP contribution in [0.25, 0.3) is 0 Å². The first-order valence-corrected chi connectivity index (χ1v) is 6.05. The third-order valence-corrected chi connectivity index (χ3v) is 3.17. The maximum atomic E-state index is 10.4. The van der Waals surface area contributed by atoms with Crippen LogP contribution in [0.5, 0.6) is 0 Å². The summed E-state index contributed by atoms with van der Waals surface area (Å²) < 4.78 is 1.94. The van der Waals surface area contributed by atoms with Gasteiger partial charge < -0.3 is 10.4 Å². The number of hydrogen-bond donors (Lipinski definition) is 2. The van der Waals surface area contributed by atoms with E-state index in [2.05, 4.69) is 24.3 Å². The van der Waals surface area contributed by atoms with Crippen molar-refractivity contribution in [3.8, 4) is 0 Å². The molecule has 1 aromatic heterocycles. The lowest BCUT2D eigenvalue weighted by molar-refractivity contribution is 0.0169. The van der Waals surface area contributed by atoms with Crippen LogP contribution in [-0.2, 0) is 6.42 Å². The van der Waals surface area contributed by atoms with E-state index in [1.165, 1.54) is 0 Å². The molecule has 1 aliphatic heterocycles. The highest BCUT2D eigenvalue weighted by Crippen LogP contribution is 2.21. The van der Waals surface area contributed by atoms with Crippen molar-refractivity contribution in [3.63, 3.8) is 0 Å². The van der Waals surface area contributed by atoms with Crippen molar-refractivity contribution < 1.29 is 5.11 Å². The van der Waals surface area contributed by atoms with Gasteiger partial charge in [-0.25, -0.2) is 0 Å². The molecule has 1 saturated heterocycles. The number of aromatic nitrogens is 2. The quantitative estimate of drug-likeness (QED) is 0.807. The molecule has 1 fully saturated rings. The standard InChI is InChI=1S/C12H21N3O/c1-10(2)15-8-11(7-14-15)6-12(16)4-3-5-13-9-12/h7-8,10,13,16H,3-6,9H2,1-2H3. The van der Waals surface area contributed by atoms with E-state index in [0.717, 1.165) is 24.9 Å². The number of β-amino-alcohol motifs (C(OH)–C–C–N with tert-alkyl or cyclic N) is 1. The van der Waals surface area contributed by atoms with Crippen LogP contribution in [0.3, 0.4) is 0 Å². The maximum Gasteiger partial charge on any atom is 0.0813 e. The van der Waals surface area contributed by atoms with Gasteiger partial charge in [-0.1, -0.05) is 0 Å². The van der Waals surface area contributed by atoms with Crippen LogP contribution in [-0.4, -0.2) is 33.6 Å². The summed E-state index contributed by atoms with van der Waals surface area (Å²) in [5, 5.41) is 17.9. The second-order valence-corrected chi connectivity index (χ2v) is 5.10. The summed E-state index contributed by atoms with van der Waals surface area (Å²) in [6.45, 7) is 5.93. The van der Waals surface area contributed by atoms with E-state index in [1.54, 1.807) is 0 Å². The molecule has 2 N–H and O–H groups in total. The van der Waals surface area contributed by atoms with Crippen molar-refractivity contribution in [2.24, 2.45) is 0 Å². The van der Waals surface area contributed by atoms with E-state index in [4.69, 9.17) is 0 Å².